The molecule has 4 aromatic rings. The van der Waals surface area contributed by atoms with Crippen LogP contribution in [0.25, 0.3) is 16.7 Å². The van der Waals surface area contributed by atoms with Crippen molar-refractivity contribution in [3.05, 3.63) is 48.1 Å². The maximum absolute atomic E-state index is 12.8. The molecule has 0 saturated carbocycles. The summed E-state index contributed by atoms with van der Waals surface area (Å²) in [5, 5.41) is 6.31. The molecule has 2 saturated heterocycles. The zero-order valence-corrected chi connectivity index (χ0v) is 17.3. The molecule has 0 radical (unpaired) electrons. The van der Waals surface area contributed by atoms with Crippen LogP contribution in [0.15, 0.2) is 41.1 Å². The quantitative estimate of drug-likeness (QED) is 0.525. The Kier molecular flexibility index (Phi) is 3.94. The van der Waals surface area contributed by atoms with E-state index in [0.717, 1.165) is 31.1 Å². The molecule has 6 rings (SSSR count). The number of methoxy groups -OCH3 is 1. The molecule has 0 spiro atoms. The molecule has 2 aliphatic rings. The molecule has 2 fully saturated rings. The summed E-state index contributed by atoms with van der Waals surface area (Å²) in [6.07, 6.45) is 3.67. The Labute approximate surface area is 178 Å². The number of nitrogens with zero attached hydrogens (tertiary/aromatic N) is 4. The normalized spacial score (nSPS) is 20.1. The topological polar surface area (TPSA) is 96.9 Å². The number of rotatable bonds is 4. The molecule has 1 amide bonds. The van der Waals surface area contributed by atoms with Gasteiger partial charge in [-0.3, -0.25) is 4.79 Å². The highest BCUT2D eigenvalue weighted by atomic mass is 16.5. The van der Waals surface area contributed by atoms with Crippen molar-refractivity contribution in [2.24, 2.45) is 5.92 Å². The molecule has 9 nitrogen and oxygen atoms in total. The molecule has 6 heterocycles. The second kappa shape index (κ2) is 6.71. The molecule has 0 unspecified atom stereocenters. The van der Waals surface area contributed by atoms with Crippen LogP contribution in [0.4, 0.5) is 11.5 Å². The Morgan fingerprint density at radius 3 is 3.00 bits per heavy atom. The summed E-state index contributed by atoms with van der Waals surface area (Å²) in [7, 11) is 1.58. The predicted octanol–water partition coefficient (Wildman–Crippen LogP) is 2.45. The minimum Gasteiger partial charge on any atom is -0.493 e. The lowest BCUT2D eigenvalue weighted by Crippen LogP contribution is -2.56. The van der Waals surface area contributed by atoms with Crippen LogP contribution >= 0.6 is 0 Å². The van der Waals surface area contributed by atoms with E-state index in [1.807, 2.05) is 29.7 Å². The number of hydrogen-bond donors (Lipinski definition) is 2. The highest BCUT2D eigenvalue weighted by Crippen LogP contribution is 2.33. The number of nitrogens with one attached hydrogen (secondary N) is 2. The average molecular weight is 418 g/mol. The van der Waals surface area contributed by atoms with Gasteiger partial charge in [0.1, 0.15) is 11.3 Å². The molecule has 158 valence electrons. The maximum Gasteiger partial charge on any atom is 0.291 e. The molecule has 2 atom stereocenters. The number of ether oxygens (including phenoxy) is 1. The number of aryl methyl sites for hydroxylation is 1. The molecular formula is C22H22N6O3. The van der Waals surface area contributed by atoms with Crippen LogP contribution in [0.1, 0.15) is 16.2 Å². The van der Waals surface area contributed by atoms with Crippen molar-refractivity contribution in [3.8, 4) is 5.75 Å². The molecular weight excluding hydrogens is 396 g/mol. The van der Waals surface area contributed by atoms with Crippen molar-refractivity contribution >= 4 is 34.2 Å². The van der Waals surface area contributed by atoms with Crippen LogP contribution in [0.3, 0.4) is 0 Å². The third-order valence-electron chi connectivity index (χ3n) is 6.13. The number of imidazole rings is 1. The summed E-state index contributed by atoms with van der Waals surface area (Å²) in [5.41, 5.74) is 3.41. The lowest BCUT2D eigenvalue weighted by Gasteiger charge is -2.44. The van der Waals surface area contributed by atoms with E-state index in [1.54, 1.807) is 25.4 Å². The van der Waals surface area contributed by atoms with Crippen LogP contribution in [0, 0.1) is 12.8 Å². The second-order valence-electron chi connectivity index (χ2n) is 8.17. The Balaban J connectivity index is 1.26. The number of aromatic nitrogens is 3. The fraction of sp³-hybridized carbons (Fsp3) is 0.318. The number of hydrogen-bond acceptors (Lipinski definition) is 7. The standard InChI is InChI=1S/C22H22N6O3/c1-12-9-27-11-14(5-18(30-2)21(27)24-12)25-22(29)19-6-15-17(31-19)3-4-20(26-15)28-10-13-7-23-8-16(13)28/h3-6,9,11,13,16,23H,7-8,10H2,1-2H3,(H,25,29)/t13-,16-/m1/s1. The van der Waals surface area contributed by atoms with Gasteiger partial charge in [0.25, 0.3) is 5.91 Å². The van der Waals surface area contributed by atoms with E-state index in [1.165, 1.54) is 0 Å². The van der Waals surface area contributed by atoms with Gasteiger partial charge >= 0.3 is 0 Å². The van der Waals surface area contributed by atoms with Gasteiger partial charge in [0.2, 0.25) is 0 Å². The van der Waals surface area contributed by atoms with Crippen molar-refractivity contribution < 1.29 is 13.9 Å². The number of amides is 1. The molecule has 31 heavy (non-hydrogen) atoms. The monoisotopic (exact) mass is 418 g/mol. The summed E-state index contributed by atoms with van der Waals surface area (Å²) >= 11 is 0. The number of furan rings is 1. The van der Waals surface area contributed by atoms with Gasteiger partial charge in [-0.05, 0) is 19.1 Å². The minimum absolute atomic E-state index is 0.213. The van der Waals surface area contributed by atoms with Crippen LogP contribution < -0.4 is 20.3 Å². The first kappa shape index (κ1) is 18.2. The van der Waals surface area contributed by atoms with E-state index in [9.17, 15) is 4.79 Å². The van der Waals surface area contributed by atoms with Crippen LogP contribution in [0.2, 0.25) is 0 Å². The third-order valence-corrected chi connectivity index (χ3v) is 6.13. The Morgan fingerprint density at radius 1 is 1.26 bits per heavy atom. The van der Waals surface area contributed by atoms with Crippen molar-refractivity contribution in [2.75, 3.05) is 37.0 Å². The second-order valence-corrected chi connectivity index (χ2v) is 8.17. The van der Waals surface area contributed by atoms with Crippen LogP contribution in [0.5, 0.6) is 5.75 Å². The van der Waals surface area contributed by atoms with E-state index in [-0.39, 0.29) is 11.7 Å². The summed E-state index contributed by atoms with van der Waals surface area (Å²) in [6, 6.07) is 7.79. The van der Waals surface area contributed by atoms with Crippen molar-refractivity contribution in [2.45, 2.75) is 13.0 Å². The Morgan fingerprint density at radius 2 is 2.16 bits per heavy atom. The third kappa shape index (κ3) is 2.92. The van der Waals surface area contributed by atoms with Gasteiger partial charge < -0.3 is 29.1 Å². The number of anilines is 2. The molecule has 0 aromatic carbocycles. The van der Waals surface area contributed by atoms with Gasteiger partial charge in [-0.25, -0.2) is 9.97 Å². The Hall–Kier alpha value is -3.59. The van der Waals surface area contributed by atoms with E-state index in [4.69, 9.17) is 14.1 Å². The van der Waals surface area contributed by atoms with Crippen LogP contribution in [-0.4, -0.2) is 53.1 Å². The lowest BCUT2D eigenvalue weighted by atomic mass is 9.92. The average Bonchev–Trinajstić information content (AvgIpc) is 3.43. The van der Waals surface area contributed by atoms with Gasteiger partial charge in [-0.1, -0.05) is 0 Å². The number of fused-ring (bicyclic) bond motifs is 3. The maximum atomic E-state index is 12.8. The summed E-state index contributed by atoms with van der Waals surface area (Å²) < 4.78 is 13.0. The summed E-state index contributed by atoms with van der Waals surface area (Å²) in [6.45, 7) is 4.99. The highest BCUT2D eigenvalue weighted by molar-refractivity contribution is 6.04. The first-order valence-corrected chi connectivity index (χ1v) is 10.3. The van der Waals surface area contributed by atoms with Gasteiger partial charge in [-0.15, -0.1) is 0 Å². The summed E-state index contributed by atoms with van der Waals surface area (Å²) in [4.78, 5) is 24.3. The van der Waals surface area contributed by atoms with E-state index in [2.05, 4.69) is 20.5 Å². The van der Waals surface area contributed by atoms with Gasteiger partial charge in [0.05, 0.1) is 18.5 Å². The van der Waals surface area contributed by atoms with E-state index in [0.29, 0.717) is 40.1 Å². The SMILES string of the molecule is COc1cc(NC(=O)c2cc3nc(N4C[C@H]5CNC[C@H]54)ccc3o2)cn2cc(C)nc12. The molecule has 2 N–H and O–H groups in total. The number of carbonyl (C=O) groups is 1. The van der Waals surface area contributed by atoms with Crippen molar-refractivity contribution in [1.29, 1.82) is 0 Å². The van der Waals surface area contributed by atoms with Crippen molar-refractivity contribution in [1.82, 2.24) is 19.7 Å². The van der Waals surface area contributed by atoms with Crippen LogP contribution in [-0.2, 0) is 0 Å². The number of carbonyl (C=O) groups excluding carboxylic acids is 1. The predicted molar refractivity (Wildman–Crippen MR) is 116 cm³/mol. The van der Waals surface area contributed by atoms with Gasteiger partial charge in [0.15, 0.2) is 22.7 Å². The minimum atomic E-state index is -0.346. The molecule has 0 bridgehead atoms. The fourth-order valence-corrected chi connectivity index (χ4v) is 4.57. The van der Waals surface area contributed by atoms with Gasteiger partial charge in [-0.2, -0.15) is 0 Å². The summed E-state index contributed by atoms with van der Waals surface area (Å²) in [5.74, 6) is 2.08. The largest absolute Gasteiger partial charge is 0.493 e. The van der Waals surface area contributed by atoms with E-state index < -0.39 is 0 Å². The molecule has 9 heteroatoms. The first-order chi connectivity index (χ1) is 15.1. The molecule has 0 aliphatic carbocycles. The fourth-order valence-electron chi connectivity index (χ4n) is 4.57. The van der Waals surface area contributed by atoms with Crippen molar-refractivity contribution in [3.63, 3.8) is 0 Å². The van der Waals surface area contributed by atoms with E-state index >= 15 is 0 Å². The Bertz CT molecular complexity index is 1330. The lowest BCUT2D eigenvalue weighted by molar-refractivity contribution is 0.0998. The van der Waals surface area contributed by atoms with Gasteiger partial charge in [0, 0.05) is 56.1 Å². The first-order valence-electron chi connectivity index (χ1n) is 10.3. The number of pyridine rings is 2. The zero-order chi connectivity index (χ0) is 21.1. The smallest absolute Gasteiger partial charge is 0.291 e. The molecule has 2 aliphatic heterocycles. The highest BCUT2D eigenvalue weighted by Gasteiger charge is 2.42. The molecule has 4 aromatic heterocycles. The zero-order valence-electron chi connectivity index (χ0n) is 17.3.